The first-order chi connectivity index (χ1) is 14.1. The molecule has 1 aromatic heterocycles. The van der Waals surface area contributed by atoms with Crippen LogP contribution in [0.4, 0.5) is 11.5 Å². The van der Waals surface area contributed by atoms with Crippen LogP contribution < -0.4 is 15.5 Å². The highest BCUT2D eigenvalue weighted by molar-refractivity contribution is 6.05. The molecule has 0 bridgehead atoms. The van der Waals surface area contributed by atoms with Gasteiger partial charge in [0.15, 0.2) is 5.82 Å². The van der Waals surface area contributed by atoms with Gasteiger partial charge < -0.3 is 15.1 Å². The zero-order chi connectivity index (χ0) is 20.0. The van der Waals surface area contributed by atoms with Gasteiger partial charge in [0.25, 0.3) is 5.91 Å². The fourth-order valence-electron chi connectivity index (χ4n) is 4.23. The molecule has 1 unspecified atom stereocenters. The van der Waals surface area contributed by atoms with Crippen molar-refractivity contribution in [1.29, 1.82) is 0 Å². The molecule has 1 aromatic carbocycles. The summed E-state index contributed by atoms with van der Waals surface area (Å²) in [6.07, 6.45) is 3.96. The molecule has 1 atom stereocenters. The molecule has 1 saturated heterocycles. The average molecular weight is 392 g/mol. The number of hydrogen-bond donors (Lipinski definition) is 2. The Bertz CT molecular complexity index is 1020. The van der Waals surface area contributed by atoms with Gasteiger partial charge in [0, 0.05) is 38.2 Å². The number of nitrogens with one attached hydrogen (secondary N) is 2. The lowest BCUT2D eigenvalue weighted by Crippen LogP contribution is -2.52. The van der Waals surface area contributed by atoms with Crippen LogP contribution >= 0.6 is 0 Å². The predicted octanol–water partition coefficient (Wildman–Crippen LogP) is 0.670. The largest absolute Gasteiger partial charge is 0.366 e. The van der Waals surface area contributed by atoms with Gasteiger partial charge in [-0.1, -0.05) is 12.1 Å². The summed E-state index contributed by atoms with van der Waals surface area (Å²) >= 11 is 0. The summed E-state index contributed by atoms with van der Waals surface area (Å²) in [5.41, 5.74) is 3.58. The maximum atomic E-state index is 12.8. The van der Waals surface area contributed by atoms with Crippen molar-refractivity contribution in [1.82, 2.24) is 20.2 Å². The lowest BCUT2D eigenvalue weighted by atomic mass is 10.0. The van der Waals surface area contributed by atoms with Crippen molar-refractivity contribution < 1.29 is 14.4 Å². The summed E-state index contributed by atoms with van der Waals surface area (Å²) in [5, 5.41) is 5.60. The molecule has 29 heavy (non-hydrogen) atoms. The molecule has 5 rings (SSSR count). The van der Waals surface area contributed by atoms with Crippen molar-refractivity contribution in [2.45, 2.75) is 32.0 Å². The number of benzene rings is 1. The van der Waals surface area contributed by atoms with E-state index in [4.69, 9.17) is 0 Å². The number of carbonyl (C=O) groups is 3. The summed E-state index contributed by atoms with van der Waals surface area (Å²) in [4.78, 5) is 48.6. The Morgan fingerprint density at radius 3 is 2.97 bits per heavy atom. The first kappa shape index (κ1) is 17.6. The molecule has 0 radical (unpaired) electrons. The summed E-state index contributed by atoms with van der Waals surface area (Å²) in [5.74, 6) is 0.00613. The molecule has 2 N–H and O–H groups in total. The monoisotopic (exact) mass is 392 g/mol. The lowest BCUT2D eigenvalue weighted by Gasteiger charge is -2.30. The van der Waals surface area contributed by atoms with E-state index in [1.807, 2.05) is 18.2 Å². The highest BCUT2D eigenvalue weighted by Crippen LogP contribution is 2.30. The third-order valence-corrected chi connectivity index (χ3v) is 5.67. The number of aromatic nitrogens is 2. The average Bonchev–Trinajstić information content (AvgIpc) is 3.04. The van der Waals surface area contributed by atoms with Crippen LogP contribution in [0.25, 0.3) is 0 Å². The van der Waals surface area contributed by atoms with Crippen LogP contribution in [0.2, 0.25) is 0 Å². The molecule has 3 amide bonds. The SMILES string of the molecule is O=C1CCC(N2Cc3cc(CN4CCNc5ncncc54)ccc3C2=O)C(=O)N1. The van der Waals surface area contributed by atoms with Crippen LogP contribution in [0.5, 0.6) is 0 Å². The maximum absolute atomic E-state index is 12.8. The zero-order valence-corrected chi connectivity index (χ0v) is 15.7. The minimum absolute atomic E-state index is 0.151. The first-order valence-corrected chi connectivity index (χ1v) is 9.65. The van der Waals surface area contributed by atoms with Crippen LogP contribution in [0, 0.1) is 0 Å². The second-order valence-corrected chi connectivity index (χ2v) is 7.50. The first-order valence-electron chi connectivity index (χ1n) is 9.65. The molecule has 1 fully saturated rings. The van der Waals surface area contributed by atoms with Crippen molar-refractivity contribution in [3.8, 4) is 0 Å². The second kappa shape index (κ2) is 6.84. The van der Waals surface area contributed by atoms with Crippen molar-refractivity contribution in [3.63, 3.8) is 0 Å². The smallest absolute Gasteiger partial charge is 0.255 e. The van der Waals surface area contributed by atoms with E-state index >= 15 is 0 Å². The summed E-state index contributed by atoms with van der Waals surface area (Å²) in [6, 6.07) is 5.23. The molecule has 2 aromatic rings. The summed E-state index contributed by atoms with van der Waals surface area (Å²) in [7, 11) is 0. The molecule has 0 spiro atoms. The standard InChI is InChI=1S/C20H20N6O3/c27-17-4-3-15(19(28)24-17)26-10-13-7-12(1-2-14(13)20(26)29)9-25-6-5-22-18-16(25)8-21-11-23-18/h1-2,7-8,11,15H,3-6,9-10H2,(H,21,22,23)(H,24,27,28). The maximum Gasteiger partial charge on any atom is 0.255 e. The summed E-state index contributed by atoms with van der Waals surface area (Å²) in [6.45, 7) is 2.70. The number of rotatable bonds is 3. The van der Waals surface area contributed by atoms with Gasteiger partial charge in [-0.05, 0) is 23.6 Å². The number of anilines is 2. The van der Waals surface area contributed by atoms with Gasteiger partial charge in [-0.25, -0.2) is 9.97 Å². The van der Waals surface area contributed by atoms with Gasteiger partial charge in [-0.15, -0.1) is 0 Å². The number of nitrogens with zero attached hydrogens (tertiary/aromatic N) is 4. The predicted molar refractivity (Wildman–Crippen MR) is 104 cm³/mol. The van der Waals surface area contributed by atoms with E-state index < -0.39 is 6.04 Å². The van der Waals surface area contributed by atoms with E-state index in [2.05, 4.69) is 25.5 Å². The third kappa shape index (κ3) is 3.08. The molecular weight excluding hydrogens is 372 g/mol. The Kier molecular flexibility index (Phi) is 4.15. The van der Waals surface area contributed by atoms with Crippen molar-refractivity contribution >= 4 is 29.2 Å². The fraction of sp³-hybridized carbons (Fsp3) is 0.350. The summed E-state index contributed by atoms with van der Waals surface area (Å²) < 4.78 is 0. The lowest BCUT2D eigenvalue weighted by molar-refractivity contribution is -0.136. The Morgan fingerprint density at radius 2 is 2.10 bits per heavy atom. The number of piperidine rings is 1. The van der Waals surface area contributed by atoms with Crippen LogP contribution in [0.1, 0.15) is 34.3 Å². The minimum Gasteiger partial charge on any atom is -0.366 e. The number of imide groups is 1. The molecular formula is C20H20N6O3. The van der Waals surface area contributed by atoms with E-state index in [0.29, 0.717) is 25.1 Å². The van der Waals surface area contributed by atoms with E-state index in [-0.39, 0.29) is 24.1 Å². The quantitative estimate of drug-likeness (QED) is 0.739. The van der Waals surface area contributed by atoms with Crippen molar-refractivity contribution in [2.24, 2.45) is 0 Å². The Hall–Kier alpha value is -3.49. The van der Waals surface area contributed by atoms with Crippen LogP contribution in [0.3, 0.4) is 0 Å². The van der Waals surface area contributed by atoms with Gasteiger partial charge in [0.2, 0.25) is 11.8 Å². The van der Waals surface area contributed by atoms with E-state index in [1.54, 1.807) is 11.1 Å². The molecule has 0 aliphatic carbocycles. The molecule has 148 valence electrons. The molecule has 4 heterocycles. The van der Waals surface area contributed by atoms with Crippen molar-refractivity contribution in [3.05, 3.63) is 47.4 Å². The minimum atomic E-state index is -0.590. The Morgan fingerprint density at radius 1 is 1.21 bits per heavy atom. The van der Waals surface area contributed by atoms with E-state index in [1.165, 1.54) is 6.33 Å². The zero-order valence-electron chi connectivity index (χ0n) is 15.7. The number of amides is 3. The van der Waals surface area contributed by atoms with Gasteiger partial charge in [0.1, 0.15) is 12.4 Å². The fourth-order valence-corrected chi connectivity index (χ4v) is 4.23. The third-order valence-electron chi connectivity index (χ3n) is 5.67. The topological polar surface area (TPSA) is 108 Å². The van der Waals surface area contributed by atoms with Crippen molar-refractivity contribution in [2.75, 3.05) is 23.3 Å². The number of hydrogen-bond acceptors (Lipinski definition) is 7. The molecule has 9 heteroatoms. The Labute approximate surface area is 167 Å². The highest BCUT2D eigenvalue weighted by Gasteiger charge is 2.39. The highest BCUT2D eigenvalue weighted by atomic mass is 16.2. The van der Waals surface area contributed by atoms with E-state index in [0.717, 1.165) is 35.7 Å². The normalized spacial score (nSPS) is 20.8. The number of carbonyl (C=O) groups excluding carboxylic acids is 3. The van der Waals surface area contributed by atoms with Crippen LogP contribution in [-0.4, -0.2) is 51.7 Å². The molecule has 9 nitrogen and oxygen atoms in total. The van der Waals surface area contributed by atoms with Crippen LogP contribution in [-0.2, 0) is 22.7 Å². The van der Waals surface area contributed by atoms with Gasteiger partial charge in [0.05, 0.1) is 11.9 Å². The molecule has 3 aliphatic rings. The molecule has 3 aliphatic heterocycles. The van der Waals surface area contributed by atoms with Crippen LogP contribution in [0.15, 0.2) is 30.7 Å². The number of fused-ring (bicyclic) bond motifs is 2. The van der Waals surface area contributed by atoms with Gasteiger partial charge >= 0.3 is 0 Å². The van der Waals surface area contributed by atoms with E-state index in [9.17, 15) is 14.4 Å². The van der Waals surface area contributed by atoms with Gasteiger partial charge in [-0.2, -0.15) is 0 Å². The molecule has 0 saturated carbocycles. The Balaban J connectivity index is 1.36. The second-order valence-electron chi connectivity index (χ2n) is 7.50. The van der Waals surface area contributed by atoms with Gasteiger partial charge in [-0.3, -0.25) is 19.7 Å².